The van der Waals surface area contributed by atoms with Crippen LogP contribution in [0.15, 0.2) is 34.4 Å². The molecule has 1 aliphatic carbocycles. The van der Waals surface area contributed by atoms with Crippen molar-refractivity contribution in [2.75, 3.05) is 0 Å². The fraction of sp³-hybridized carbons (Fsp3) is 0.316. The Morgan fingerprint density at radius 1 is 1.25 bits per heavy atom. The van der Waals surface area contributed by atoms with Gasteiger partial charge in [-0.15, -0.1) is 11.3 Å². The van der Waals surface area contributed by atoms with E-state index < -0.39 is 11.2 Å². The molecule has 1 unspecified atom stereocenters. The highest BCUT2D eigenvalue weighted by molar-refractivity contribution is 7.94. The molecule has 28 heavy (non-hydrogen) atoms. The van der Waals surface area contributed by atoms with Gasteiger partial charge in [-0.2, -0.15) is 0 Å². The molecule has 0 spiro atoms. The summed E-state index contributed by atoms with van der Waals surface area (Å²) in [5.74, 6) is 0. The maximum absolute atomic E-state index is 13.5. The number of fused-ring (bicyclic) bond motifs is 2. The number of nitrogens with zero attached hydrogens (tertiary/aromatic N) is 4. The summed E-state index contributed by atoms with van der Waals surface area (Å²) in [5.41, 5.74) is 2.78. The Kier molecular flexibility index (Phi) is 3.97. The summed E-state index contributed by atoms with van der Waals surface area (Å²) in [7, 11) is 0. The lowest BCUT2D eigenvalue weighted by Crippen LogP contribution is -2.23. The van der Waals surface area contributed by atoms with Gasteiger partial charge < -0.3 is 4.55 Å². The maximum Gasteiger partial charge on any atom is 0.234 e. The van der Waals surface area contributed by atoms with E-state index in [9.17, 15) is 4.55 Å². The van der Waals surface area contributed by atoms with E-state index in [4.69, 9.17) is 4.98 Å². The SMILES string of the molecule is [O-][S+](c1sc2nc(-c3nccs3)cc3c2c1[nH]n1cncc31)C1CCCCC1. The molecule has 1 saturated carbocycles. The largest absolute Gasteiger partial charge is 0.611 e. The van der Waals surface area contributed by atoms with Crippen molar-refractivity contribution in [3.63, 3.8) is 0 Å². The minimum atomic E-state index is -1.03. The van der Waals surface area contributed by atoms with Gasteiger partial charge in [0.25, 0.3) is 0 Å². The first kappa shape index (κ1) is 17.0. The van der Waals surface area contributed by atoms with Gasteiger partial charge in [0, 0.05) is 28.1 Å². The standard InChI is InChI=1S/C19H17N5OS3/c25-28(11-4-2-1-3-5-11)19-16-15-12(14-9-20-10-24(14)23-16)8-13(22-18(15)27-19)17-21-6-7-26-17/h6-11,23H,1-5H2. The van der Waals surface area contributed by atoms with Crippen molar-refractivity contribution in [1.82, 2.24) is 24.6 Å². The van der Waals surface area contributed by atoms with E-state index >= 15 is 0 Å². The van der Waals surface area contributed by atoms with Crippen LogP contribution in [0.1, 0.15) is 32.1 Å². The van der Waals surface area contributed by atoms with Crippen LogP contribution in [0.4, 0.5) is 0 Å². The predicted molar refractivity (Wildman–Crippen MR) is 115 cm³/mol. The van der Waals surface area contributed by atoms with Crippen LogP contribution in [0.25, 0.3) is 37.3 Å². The van der Waals surface area contributed by atoms with Crippen molar-refractivity contribution >= 4 is 60.5 Å². The topological polar surface area (TPSA) is 81.9 Å². The number of H-pyrrole nitrogens is 1. The molecule has 142 valence electrons. The number of thiazole rings is 1. The third kappa shape index (κ3) is 2.53. The lowest BCUT2D eigenvalue weighted by atomic mass is 10.0. The Morgan fingerprint density at radius 2 is 2.14 bits per heavy atom. The van der Waals surface area contributed by atoms with E-state index in [1.165, 1.54) is 19.3 Å². The van der Waals surface area contributed by atoms with Gasteiger partial charge in [0.05, 0.1) is 17.1 Å². The molecule has 0 aromatic carbocycles. The van der Waals surface area contributed by atoms with E-state index in [0.717, 1.165) is 54.4 Å². The molecule has 0 amide bonds. The number of thiophene rings is 1. The van der Waals surface area contributed by atoms with Gasteiger partial charge in [0.15, 0.2) is 0 Å². The van der Waals surface area contributed by atoms with Gasteiger partial charge in [-0.3, -0.25) is 5.10 Å². The highest BCUT2D eigenvalue weighted by atomic mass is 32.2. The van der Waals surface area contributed by atoms with Gasteiger partial charge in [-0.1, -0.05) is 17.8 Å². The normalized spacial score (nSPS) is 17.2. The number of nitrogens with one attached hydrogen (secondary N) is 1. The predicted octanol–water partition coefficient (Wildman–Crippen LogP) is 4.99. The zero-order valence-corrected chi connectivity index (χ0v) is 17.4. The molecule has 1 N–H and O–H groups in total. The highest BCUT2D eigenvalue weighted by Crippen LogP contribution is 2.42. The van der Waals surface area contributed by atoms with Crippen LogP contribution in [-0.4, -0.2) is 34.4 Å². The Morgan fingerprint density at radius 3 is 2.96 bits per heavy atom. The molecule has 6 nitrogen and oxygen atoms in total. The number of rotatable bonds is 3. The lowest BCUT2D eigenvalue weighted by Gasteiger charge is -2.23. The van der Waals surface area contributed by atoms with Crippen molar-refractivity contribution in [2.45, 2.75) is 41.6 Å². The molecule has 0 saturated heterocycles. The zero-order chi connectivity index (χ0) is 18.7. The fourth-order valence-electron chi connectivity index (χ4n) is 4.12. The summed E-state index contributed by atoms with van der Waals surface area (Å²) in [6, 6.07) is 2.08. The molecule has 0 radical (unpaired) electrons. The first-order chi connectivity index (χ1) is 13.8. The summed E-state index contributed by atoms with van der Waals surface area (Å²) in [4.78, 5) is 14.5. The minimum Gasteiger partial charge on any atom is -0.611 e. The number of hydrogen-bond donors (Lipinski definition) is 1. The highest BCUT2D eigenvalue weighted by Gasteiger charge is 2.32. The molecule has 1 fully saturated rings. The number of hydrogen-bond acceptors (Lipinski definition) is 6. The lowest BCUT2D eigenvalue weighted by molar-refractivity contribution is 0.484. The molecular formula is C19H17N5OS3. The molecule has 5 heterocycles. The van der Waals surface area contributed by atoms with Crippen molar-refractivity contribution in [2.24, 2.45) is 0 Å². The molecule has 0 aliphatic heterocycles. The van der Waals surface area contributed by atoms with Gasteiger partial charge in [-0.25, -0.2) is 19.5 Å². The molecule has 5 aromatic heterocycles. The van der Waals surface area contributed by atoms with Crippen molar-refractivity contribution in [3.05, 3.63) is 30.2 Å². The van der Waals surface area contributed by atoms with E-state index in [2.05, 4.69) is 21.1 Å². The molecule has 0 bridgehead atoms. The van der Waals surface area contributed by atoms with Crippen LogP contribution in [0, 0.1) is 0 Å². The second-order valence-corrected chi connectivity index (χ2v) is 11.0. The average Bonchev–Trinajstić information content (AvgIpc) is 3.48. The molecule has 1 aliphatic rings. The fourth-order valence-corrected chi connectivity index (χ4v) is 7.98. The molecular weight excluding hydrogens is 410 g/mol. The molecule has 6 rings (SSSR count). The summed E-state index contributed by atoms with van der Waals surface area (Å²) in [5, 5.41) is 8.65. The number of aromatic nitrogens is 5. The number of imidazole rings is 1. The second kappa shape index (κ2) is 6.55. The third-order valence-electron chi connectivity index (χ3n) is 5.47. The number of pyridine rings is 1. The van der Waals surface area contributed by atoms with Crippen molar-refractivity contribution in [3.8, 4) is 10.7 Å². The number of aromatic amines is 1. The Labute approximate surface area is 171 Å². The first-order valence-electron chi connectivity index (χ1n) is 9.37. The van der Waals surface area contributed by atoms with Crippen LogP contribution >= 0.6 is 22.7 Å². The first-order valence-corrected chi connectivity index (χ1v) is 12.3. The van der Waals surface area contributed by atoms with Crippen LogP contribution in [-0.2, 0) is 11.2 Å². The third-order valence-corrected chi connectivity index (χ3v) is 9.53. The summed E-state index contributed by atoms with van der Waals surface area (Å²) in [6.07, 6.45) is 11.1. The second-order valence-electron chi connectivity index (χ2n) is 7.16. The van der Waals surface area contributed by atoms with E-state index in [-0.39, 0.29) is 5.25 Å². The van der Waals surface area contributed by atoms with Gasteiger partial charge in [0.2, 0.25) is 4.21 Å². The van der Waals surface area contributed by atoms with Crippen LogP contribution < -0.4 is 0 Å². The Balaban J connectivity index is 1.63. The van der Waals surface area contributed by atoms with Crippen molar-refractivity contribution < 1.29 is 4.55 Å². The summed E-state index contributed by atoms with van der Waals surface area (Å²) >= 11 is 2.11. The van der Waals surface area contributed by atoms with Gasteiger partial charge >= 0.3 is 0 Å². The zero-order valence-electron chi connectivity index (χ0n) is 14.9. The quantitative estimate of drug-likeness (QED) is 0.411. The minimum absolute atomic E-state index is 0.242. The molecule has 1 atom stereocenters. The van der Waals surface area contributed by atoms with E-state index in [1.807, 2.05) is 16.1 Å². The van der Waals surface area contributed by atoms with Crippen LogP contribution in [0.3, 0.4) is 0 Å². The van der Waals surface area contributed by atoms with Crippen LogP contribution in [0.2, 0.25) is 0 Å². The Hall–Kier alpha value is -1.94. The summed E-state index contributed by atoms with van der Waals surface area (Å²) < 4.78 is 16.3. The van der Waals surface area contributed by atoms with Crippen molar-refractivity contribution in [1.29, 1.82) is 0 Å². The Bertz CT molecular complexity index is 1280. The monoisotopic (exact) mass is 427 g/mol. The molecule has 5 aromatic rings. The smallest absolute Gasteiger partial charge is 0.234 e. The maximum atomic E-state index is 13.5. The average molecular weight is 428 g/mol. The van der Waals surface area contributed by atoms with E-state index in [0.29, 0.717) is 0 Å². The molecule has 9 heteroatoms. The van der Waals surface area contributed by atoms with Crippen LogP contribution in [0.5, 0.6) is 0 Å². The van der Waals surface area contributed by atoms with Gasteiger partial charge in [0.1, 0.15) is 32.6 Å². The van der Waals surface area contributed by atoms with E-state index in [1.54, 1.807) is 35.2 Å². The van der Waals surface area contributed by atoms with Gasteiger partial charge in [-0.05, 0) is 31.7 Å². The summed E-state index contributed by atoms with van der Waals surface area (Å²) in [6.45, 7) is 0.